The number of non-ortho nitro benzene ring substituents is 1. The molecule has 166 valence electrons. The molecule has 2 heterocycles. The Labute approximate surface area is 182 Å². The molecule has 0 aliphatic carbocycles. The molecule has 1 fully saturated rings. The summed E-state index contributed by atoms with van der Waals surface area (Å²) in [5.41, 5.74) is -0.649. The first-order chi connectivity index (χ1) is 15.1. The minimum absolute atomic E-state index is 0.0181. The lowest BCUT2D eigenvalue weighted by atomic mass is 9.92. The number of hydrogen-bond donors (Lipinski definition) is 3. The number of rotatable bonds is 5. The zero-order valence-electron chi connectivity index (χ0n) is 17.5. The zero-order valence-corrected chi connectivity index (χ0v) is 17.5. The van der Waals surface area contributed by atoms with Gasteiger partial charge in [0.2, 0.25) is 11.6 Å². The SMILES string of the molecule is CN1C(=O)[C@@](O)(Cc2cccc(O)c2)N(C)C(=O)[C@@H]1Cc1c[nH]c2cccc([N+](=O)[O-])c12. The van der Waals surface area contributed by atoms with Crippen LogP contribution in [0.2, 0.25) is 0 Å². The quantitative estimate of drug-likeness (QED) is 0.408. The van der Waals surface area contributed by atoms with Gasteiger partial charge in [-0.05, 0) is 29.3 Å². The summed E-state index contributed by atoms with van der Waals surface area (Å²) in [7, 11) is 2.77. The molecule has 1 saturated heterocycles. The van der Waals surface area contributed by atoms with E-state index in [4.69, 9.17) is 0 Å². The molecule has 10 nitrogen and oxygen atoms in total. The molecule has 3 N–H and O–H groups in total. The standard InChI is InChI=1S/C22H22N4O6/c1-24-18(10-14-12-23-16-7-4-8-17(19(14)16)26(31)32)20(28)25(2)22(30,21(24)29)11-13-5-3-6-15(27)9-13/h3-9,12,18,23,27,30H,10-11H2,1-2H3/t18-,22-/m0/s1. The van der Waals surface area contributed by atoms with Crippen LogP contribution in [0.25, 0.3) is 10.9 Å². The summed E-state index contributed by atoms with van der Waals surface area (Å²) >= 11 is 0. The van der Waals surface area contributed by atoms with Crippen LogP contribution in [-0.2, 0) is 22.4 Å². The highest BCUT2D eigenvalue weighted by atomic mass is 16.6. The molecule has 4 rings (SSSR count). The number of fused-ring (bicyclic) bond motifs is 1. The molecule has 0 saturated carbocycles. The Hall–Kier alpha value is -3.92. The first kappa shape index (κ1) is 21.3. The average Bonchev–Trinajstić information content (AvgIpc) is 3.17. The van der Waals surface area contributed by atoms with E-state index in [1.165, 1.54) is 37.2 Å². The monoisotopic (exact) mass is 438 g/mol. The molecule has 32 heavy (non-hydrogen) atoms. The number of aliphatic hydroxyl groups is 1. The predicted octanol–water partition coefficient (Wildman–Crippen LogP) is 1.55. The van der Waals surface area contributed by atoms with Crippen molar-refractivity contribution in [2.24, 2.45) is 0 Å². The van der Waals surface area contributed by atoms with Gasteiger partial charge in [-0.3, -0.25) is 19.7 Å². The molecule has 0 bridgehead atoms. The number of aromatic nitrogens is 1. The molecular weight excluding hydrogens is 416 g/mol. The number of piperazine rings is 1. The Morgan fingerprint density at radius 3 is 2.59 bits per heavy atom. The van der Waals surface area contributed by atoms with Crippen molar-refractivity contribution < 1.29 is 24.7 Å². The highest BCUT2D eigenvalue weighted by Crippen LogP contribution is 2.33. The maximum absolute atomic E-state index is 13.2. The molecule has 1 aliphatic rings. The van der Waals surface area contributed by atoms with Crippen LogP contribution >= 0.6 is 0 Å². The number of nitro groups is 1. The second-order valence-electron chi connectivity index (χ2n) is 7.97. The van der Waals surface area contributed by atoms with Crippen molar-refractivity contribution in [2.45, 2.75) is 24.6 Å². The topological polar surface area (TPSA) is 140 Å². The number of hydrogen-bond acceptors (Lipinski definition) is 6. The number of nitro benzene ring substituents is 1. The summed E-state index contributed by atoms with van der Waals surface area (Å²) in [5.74, 6) is -1.19. The van der Waals surface area contributed by atoms with Crippen LogP contribution in [0.5, 0.6) is 5.75 Å². The van der Waals surface area contributed by atoms with E-state index in [-0.39, 0.29) is 24.3 Å². The van der Waals surface area contributed by atoms with Gasteiger partial charge < -0.3 is 25.0 Å². The Kier molecular flexibility index (Phi) is 5.09. The van der Waals surface area contributed by atoms with E-state index in [2.05, 4.69) is 4.98 Å². The maximum atomic E-state index is 13.2. The fourth-order valence-corrected chi connectivity index (χ4v) is 4.26. The van der Waals surface area contributed by atoms with Gasteiger partial charge in [-0.15, -0.1) is 0 Å². The number of nitrogens with one attached hydrogen (secondary N) is 1. The zero-order chi connectivity index (χ0) is 23.2. The molecular formula is C22H22N4O6. The van der Waals surface area contributed by atoms with Gasteiger partial charge in [0.15, 0.2) is 0 Å². The summed E-state index contributed by atoms with van der Waals surface area (Å²) in [6.45, 7) is 0. The van der Waals surface area contributed by atoms with E-state index in [0.717, 1.165) is 4.90 Å². The third-order valence-corrected chi connectivity index (χ3v) is 6.04. The molecule has 1 aliphatic heterocycles. The normalized spacial score (nSPS) is 21.4. The van der Waals surface area contributed by atoms with E-state index in [9.17, 15) is 29.9 Å². The summed E-state index contributed by atoms with van der Waals surface area (Å²) in [4.78, 5) is 42.5. The van der Waals surface area contributed by atoms with Gasteiger partial charge in [0.25, 0.3) is 11.6 Å². The van der Waals surface area contributed by atoms with Crippen LogP contribution in [0.3, 0.4) is 0 Å². The fraction of sp³-hybridized carbons (Fsp3) is 0.273. The largest absolute Gasteiger partial charge is 0.508 e. The number of nitrogens with zero attached hydrogens (tertiary/aromatic N) is 3. The number of aromatic amines is 1. The summed E-state index contributed by atoms with van der Waals surface area (Å²) in [6, 6.07) is 9.81. The van der Waals surface area contributed by atoms with Crippen molar-refractivity contribution in [3.63, 3.8) is 0 Å². The van der Waals surface area contributed by atoms with E-state index < -0.39 is 28.5 Å². The van der Waals surface area contributed by atoms with Crippen LogP contribution in [0, 0.1) is 10.1 Å². The summed E-state index contributed by atoms with van der Waals surface area (Å²) in [6.07, 6.45) is 1.44. The number of phenols is 1. The Morgan fingerprint density at radius 2 is 1.91 bits per heavy atom. The van der Waals surface area contributed by atoms with E-state index in [1.54, 1.807) is 30.5 Å². The maximum Gasteiger partial charge on any atom is 0.279 e. The van der Waals surface area contributed by atoms with Crippen LogP contribution in [0.1, 0.15) is 11.1 Å². The third kappa shape index (κ3) is 3.34. The van der Waals surface area contributed by atoms with Crippen molar-refractivity contribution in [1.82, 2.24) is 14.8 Å². The molecule has 3 aromatic rings. The van der Waals surface area contributed by atoms with Crippen molar-refractivity contribution in [1.29, 1.82) is 0 Å². The number of aromatic hydroxyl groups is 1. The highest BCUT2D eigenvalue weighted by molar-refractivity contribution is 5.99. The molecule has 2 atom stereocenters. The average molecular weight is 438 g/mol. The molecule has 1 aromatic heterocycles. The molecule has 0 spiro atoms. The first-order valence-corrected chi connectivity index (χ1v) is 9.92. The van der Waals surface area contributed by atoms with Gasteiger partial charge in [0.1, 0.15) is 11.8 Å². The first-order valence-electron chi connectivity index (χ1n) is 9.92. The van der Waals surface area contributed by atoms with Crippen LogP contribution in [0.15, 0.2) is 48.7 Å². The molecule has 2 aromatic carbocycles. The highest BCUT2D eigenvalue weighted by Gasteiger charge is 2.53. The van der Waals surface area contributed by atoms with Crippen molar-refractivity contribution in [2.75, 3.05) is 14.1 Å². The lowest BCUT2D eigenvalue weighted by molar-refractivity contribution is -0.383. The Bertz CT molecular complexity index is 1240. The number of H-pyrrole nitrogens is 1. The Morgan fingerprint density at radius 1 is 1.19 bits per heavy atom. The lowest BCUT2D eigenvalue weighted by Crippen LogP contribution is -2.70. The summed E-state index contributed by atoms with van der Waals surface area (Å²) in [5, 5.41) is 32.7. The second kappa shape index (κ2) is 7.65. The van der Waals surface area contributed by atoms with Crippen molar-refractivity contribution >= 4 is 28.4 Å². The fourth-order valence-electron chi connectivity index (χ4n) is 4.26. The van der Waals surface area contributed by atoms with Gasteiger partial charge in [-0.25, -0.2) is 0 Å². The van der Waals surface area contributed by atoms with E-state index in [0.29, 0.717) is 22.0 Å². The van der Waals surface area contributed by atoms with Crippen molar-refractivity contribution in [3.05, 3.63) is 69.9 Å². The minimum atomic E-state index is -2.12. The van der Waals surface area contributed by atoms with Gasteiger partial charge in [-0.2, -0.15) is 0 Å². The number of benzene rings is 2. The van der Waals surface area contributed by atoms with Gasteiger partial charge in [0, 0.05) is 39.2 Å². The molecule has 0 radical (unpaired) electrons. The van der Waals surface area contributed by atoms with Crippen LogP contribution < -0.4 is 0 Å². The van der Waals surface area contributed by atoms with Gasteiger partial charge >= 0.3 is 0 Å². The minimum Gasteiger partial charge on any atom is -0.508 e. The number of phenolic OH excluding ortho intramolecular Hbond substituents is 1. The van der Waals surface area contributed by atoms with Crippen molar-refractivity contribution in [3.8, 4) is 5.75 Å². The molecule has 2 amide bonds. The second-order valence-corrected chi connectivity index (χ2v) is 7.97. The van der Waals surface area contributed by atoms with Crippen LogP contribution in [0.4, 0.5) is 5.69 Å². The number of amides is 2. The van der Waals surface area contributed by atoms with Gasteiger partial charge in [-0.1, -0.05) is 18.2 Å². The van der Waals surface area contributed by atoms with Crippen LogP contribution in [-0.4, -0.2) is 67.6 Å². The van der Waals surface area contributed by atoms with E-state index in [1.807, 2.05) is 0 Å². The number of carbonyl (C=O) groups is 2. The Balaban J connectivity index is 1.66. The van der Waals surface area contributed by atoms with Gasteiger partial charge in [0.05, 0.1) is 15.8 Å². The molecule has 0 unspecified atom stereocenters. The predicted molar refractivity (Wildman–Crippen MR) is 115 cm³/mol. The number of likely N-dealkylation sites (N-methyl/N-ethyl adjacent to an activating group) is 2. The number of carbonyl (C=O) groups excluding carboxylic acids is 2. The lowest BCUT2D eigenvalue weighted by Gasteiger charge is -2.47. The smallest absolute Gasteiger partial charge is 0.279 e. The summed E-state index contributed by atoms with van der Waals surface area (Å²) < 4.78 is 0. The molecule has 10 heteroatoms. The third-order valence-electron chi connectivity index (χ3n) is 6.04. The van der Waals surface area contributed by atoms with E-state index >= 15 is 0 Å².